The van der Waals surface area contributed by atoms with Crippen molar-refractivity contribution in [2.24, 2.45) is 5.10 Å². The normalized spacial score (nSPS) is 12.6. The van der Waals surface area contributed by atoms with E-state index in [4.69, 9.17) is 0 Å². The van der Waals surface area contributed by atoms with E-state index >= 15 is 0 Å². The number of hydrazone groups is 1. The standard InChI is InChI=1S/C15H21N3O3/c1-4-10(2)16-14(20)9-11(3)17-18-15(21)12-7-5-6-8-13(12)19/h5-8,10,19H,4,9H2,1-3H3,(H,16,20)(H,18,21). The van der Waals surface area contributed by atoms with Gasteiger partial charge in [0, 0.05) is 11.8 Å². The Morgan fingerprint density at radius 3 is 2.62 bits per heavy atom. The number of carbonyl (C=O) groups excluding carboxylic acids is 2. The first-order valence-corrected chi connectivity index (χ1v) is 6.84. The van der Waals surface area contributed by atoms with Crippen molar-refractivity contribution < 1.29 is 14.7 Å². The maximum absolute atomic E-state index is 11.8. The van der Waals surface area contributed by atoms with Crippen molar-refractivity contribution in [2.45, 2.75) is 39.7 Å². The zero-order valence-corrected chi connectivity index (χ0v) is 12.5. The largest absolute Gasteiger partial charge is 0.507 e. The first-order valence-electron chi connectivity index (χ1n) is 6.84. The average molecular weight is 291 g/mol. The number of phenols is 1. The molecule has 0 saturated heterocycles. The maximum Gasteiger partial charge on any atom is 0.275 e. The van der Waals surface area contributed by atoms with Crippen LogP contribution in [0.2, 0.25) is 0 Å². The van der Waals surface area contributed by atoms with E-state index in [0.717, 1.165) is 6.42 Å². The molecule has 0 saturated carbocycles. The van der Waals surface area contributed by atoms with Crippen LogP contribution in [0.25, 0.3) is 0 Å². The highest BCUT2D eigenvalue weighted by Gasteiger charge is 2.10. The molecule has 0 aliphatic heterocycles. The predicted octanol–water partition coefficient (Wildman–Crippen LogP) is 1.80. The molecule has 6 nitrogen and oxygen atoms in total. The van der Waals surface area contributed by atoms with Gasteiger partial charge in [0.05, 0.1) is 12.0 Å². The lowest BCUT2D eigenvalue weighted by atomic mass is 10.2. The molecule has 21 heavy (non-hydrogen) atoms. The number of hydrogen-bond donors (Lipinski definition) is 3. The highest BCUT2D eigenvalue weighted by Crippen LogP contribution is 2.14. The minimum atomic E-state index is -0.519. The van der Waals surface area contributed by atoms with Crippen LogP contribution < -0.4 is 10.7 Å². The average Bonchev–Trinajstić information content (AvgIpc) is 2.44. The molecule has 114 valence electrons. The molecule has 0 spiro atoms. The molecular formula is C15H21N3O3. The molecule has 3 N–H and O–H groups in total. The van der Waals surface area contributed by atoms with Crippen molar-refractivity contribution in [3.05, 3.63) is 29.8 Å². The summed E-state index contributed by atoms with van der Waals surface area (Å²) < 4.78 is 0. The zero-order chi connectivity index (χ0) is 15.8. The van der Waals surface area contributed by atoms with Gasteiger partial charge < -0.3 is 10.4 Å². The Morgan fingerprint density at radius 2 is 2.00 bits per heavy atom. The third-order valence-corrected chi connectivity index (χ3v) is 2.93. The SMILES string of the molecule is CCC(C)NC(=O)CC(C)=NNC(=O)c1ccccc1O. The fourth-order valence-corrected chi connectivity index (χ4v) is 1.57. The van der Waals surface area contributed by atoms with Gasteiger partial charge in [0.25, 0.3) is 5.91 Å². The Kier molecular flexibility index (Phi) is 6.39. The molecule has 1 atom stereocenters. The summed E-state index contributed by atoms with van der Waals surface area (Å²) >= 11 is 0. The molecule has 2 amide bonds. The van der Waals surface area contributed by atoms with Gasteiger partial charge in [0.2, 0.25) is 5.91 Å². The van der Waals surface area contributed by atoms with Crippen LogP contribution >= 0.6 is 0 Å². The second kappa shape index (κ2) is 8.04. The molecule has 0 aliphatic carbocycles. The number of para-hydroxylation sites is 1. The monoisotopic (exact) mass is 291 g/mol. The lowest BCUT2D eigenvalue weighted by molar-refractivity contribution is -0.120. The summed E-state index contributed by atoms with van der Waals surface area (Å²) in [5.41, 5.74) is 2.94. The van der Waals surface area contributed by atoms with Gasteiger partial charge in [0.15, 0.2) is 0 Å². The summed E-state index contributed by atoms with van der Waals surface area (Å²) in [6.07, 6.45) is 0.970. The molecule has 0 aromatic heterocycles. The van der Waals surface area contributed by atoms with Gasteiger partial charge in [-0.2, -0.15) is 5.10 Å². The fraction of sp³-hybridized carbons (Fsp3) is 0.400. The number of carbonyl (C=O) groups is 2. The molecule has 1 unspecified atom stereocenters. The van der Waals surface area contributed by atoms with Crippen LogP contribution in [-0.4, -0.2) is 28.7 Å². The van der Waals surface area contributed by atoms with Gasteiger partial charge in [-0.3, -0.25) is 9.59 Å². The van der Waals surface area contributed by atoms with Gasteiger partial charge in [0.1, 0.15) is 5.75 Å². The summed E-state index contributed by atoms with van der Waals surface area (Å²) in [5, 5.41) is 16.2. The minimum Gasteiger partial charge on any atom is -0.507 e. The molecular weight excluding hydrogens is 270 g/mol. The summed E-state index contributed by atoms with van der Waals surface area (Å²) in [7, 11) is 0. The van der Waals surface area contributed by atoms with E-state index in [1.54, 1.807) is 19.1 Å². The first kappa shape index (κ1) is 16.7. The number of phenolic OH excluding ortho intramolecular Hbond substituents is 1. The molecule has 0 heterocycles. The highest BCUT2D eigenvalue weighted by molar-refractivity contribution is 6.01. The fourth-order valence-electron chi connectivity index (χ4n) is 1.57. The Balaban J connectivity index is 2.54. The second-order valence-electron chi connectivity index (χ2n) is 4.86. The van der Waals surface area contributed by atoms with Crippen LogP contribution in [0.4, 0.5) is 0 Å². The van der Waals surface area contributed by atoms with Crippen molar-refractivity contribution in [3.63, 3.8) is 0 Å². The van der Waals surface area contributed by atoms with E-state index in [1.807, 2.05) is 13.8 Å². The lowest BCUT2D eigenvalue weighted by Gasteiger charge is -2.11. The van der Waals surface area contributed by atoms with Crippen molar-refractivity contribution in [1.82, 2.24) is 10.7 Å². The number of aromatic hydroxyl groups is 1. The van der Waals surface area contributed by atoms with E-state index in [9.17, 15) is 14.7 Å². The number of nitrogens with one attached hydrogen (secondary N) is 2. The summed E-state index contributed by atoms with van der Waals surface area (Å²) in [6.45, 7) is 5.56. The topological polar surface area (TPSA) is 90.8 Å². The van der Waals surface area contributed by atoms with Gasteiger partial charge >= 0.3 is 0 Å². The van der Waals surface area contributed by atoms with Gasteiger partial charge in [-0.25, -0.2) is 5.43 Å². The highest BCUT2D eigenvalue weighted by atomic mass is 16.3. The van der Waals surface area contributed by atoms with Crippen molar-refractivity contribution in [1.29, 1.82) is 0 Å². The van der Waals surface area contributed by atoms with E-state index in [-0.39, 0.29) is 29.7 Å². The van der Waals surface area contributed by atoms with Crippen LogP contribution in [0, 0.1) is 0 Å². The number of amides is 2. The van der Waals surface area contributed by atoms with E-state index in [2.05, 4.69) is 15.8 Å². The van der Waals surface area contributed by atoms with Crippen LogP contribution in [0.3, 0.4) is 0 Å². The van der Waals surface area contributed by atoms with Gasteiger partial charge in [-0.15, -0.1) is 0 Å². The minimum absolute atomic E-state index is 0.112. The summed E-state index contributed by atoms with van der Waals surface area (Å²) in [4.78, 5) is 23.4. The Labute approximate surface area is 124 Å². The van der Waals surface area contributed by atoms with Crippen LogP contribution in [0.1, 0.15) is 44.0 Å². The van der Waals surface area contributed by atoms with Crippen LogP contribution in [-0.2, 0) is 4.79 Å². The van der Waals surface area contributed by atoms with E-state index in [1.165, 1.54) is 12.1 Å². The molecule has 0 radical (unpaired) electrons. The van der Waals surface area contributed by atoms with Crippen LogP contribution in [0.15, 0.2) is 29.4 Å². The van der Waals surface area contributed by atoms with Crippen LogP contribution in [0.5, 0.6) is 5.75 Å². The summed E-state index contributed by atoms with van der Waals surface area (Å²) in [5.74, 6) is -0.769. The van der Waals surface area contributed by atoms with E-state index in [0.29, 0.717) is 5.71 Å². The quantitative estimate of drug-likeness (QED) is 0.551. The van der Waals surface area contributed by atoms with E-state index < -0.39 is 5.91 Å². The van der Waals surface area contributed by atoms with Gasteiger partial charge in [-0.05, 0) is 32.4 Å². The van der Waals surface area contributed by atoms with Crippen molar-refractivity contribution in [3.8, 4) is 5.75 Å². The smallest absolute Gasteiger partial charge is 0.275 e. The predicted molar refractivity (Wildman–Crippen MR) is 81.2 cm³/mol. The lowest BCUT2D eigenvalue weighted by Crippen LogP contribution is -2.33. The second-order valence-corrected chi connectivity index (χ2v) is 4.86. The molecule has 0 bridgehead atoms. The number of benzene rings is 1. The Hall–Kier alpha value is -2.37. The molecule has 6 heteroatoms. The molecule has 1 aromatic rings. The molecule has 1 aromatic carbocycles. The maximum atomic E-state index is 11.8. The molecule has 1 rings (SSSR count). The Bertz CT molecular complexity index is 541. The number of rotatable bonds is 6. The molecule has 0 fully saturated rings. The first-order chi connectivity index (χ1) is 9.93. The zero-order valence-electron chi connectivity index (χ0n) is 12.5. The third kappa shape index (κ3) is 5.64. The van der Waals surface area contributed by atoms with Crippen molar-refractivity contribution in [2.75, 3.05) is 0 Å². The number of nitrogens with zero attached hydrogens (tertiary/aromatic N) is 1. The third-order valence-electron chi connectivity index (χ3n) is 2.93. The van der Waals surface area contributed by atoms with Crippen molar-refractivity contribution >= 4 is 17.5 Å². The van der Waals surface area contributed by atoms with Gasteiger partial charge in [-0.1, -0.05) is 19.1 Å². The Morgan fingerprint density at radius 1 is 1.33 bits per heavy atom. The number of hydrogen-bond acceptors (Lipinski definition) is 4. The molecule has 0 aliphatic rings. The summed E-state index contributed by atoms with van der Waals surface area (Å²) in [6, 6.07) is 6.29.